The molecule has 0 spiro atoms. The highest BCUT2D eigenvalue weighted by molar-refractivity contribution is 6.06. The van der Waals surface area contributed by atoms with Crippen LogP contribution in [-0.4, -0.2) is 52.0 Å². The molecule has 0 saturated heterocycles. The number of nitrogens with two attached hydrogens (primary N) is 1. The van der Waals surface area contributed by atoms with Gasteiger partial charge < -0.3 is 30.2 Å². The maximum absolute atomic E-state index is 11.3. The van der Waals surface area contributed by atoms with Gasteiger partial charge in [-0.25, -0.2) is 14.8 Å². The van der Waals surface area contributed by atoms with Gasteiger partial charge in [-0.15, -0.1) is 0 Å². The highest BCUT2D eigenvalue weighted by atomic mass is 16.5. The molecule has 0 aliphatic carbocycles. The number of ether oxygens (including phenoxy) is 2. The number of imidazole rings is 1. The molecule has 2 heterocycles. The summed E-state index contributed by atoms with van der Waals surface area (Å²) < 4.78 is 13.2. The van der Waals surface area contributed by atoms with Crippen LogP contribution in [0.2, 0.25) is 0 Å². The van der Waals surface area contributed by atoms with E-state index in [2.05, 4.69) is 20.9 Å². The predicted octanol–water partition coefficient (Wildman–Crippen LogP) is 3.78. The second-order valence-electron chi connectivity index (χ2n) is 8.66. The molecule has 1 unspecified atom stereocenters. The molecule has 9 nitrogen and oxygen atoms in total. The summed E-state index contributed by atoms with van der Waals surface area (Å²) in [7, 11) is 1.69. The number of nitrogen functional groups attached to an aromatic ring is 1. The lowest BCUT2D eigenvalue weighted by atomic mass is 10.2. The summed E-state index contributed by atoms with van der Waals surface area (Å²) in [4.78, 5) is 20.6. The molecule has 1 atom stereocenters. The first kappa shape index (κ1) is 25.4. The third kappa shape index (κ3) is 5.75. The number of hydrogen-bond acceptors (Lipinski definition) is 7. The van der Waals surface area contributed by atoms with Gasteiger partial charge in [0.2, 0.25) is 0 Å². The summed E-state index contributed by atoms with van der Waals surface area (Å²) in [6.45, 7) is 4.59. The summed E-state index contributed by atoms with van der Waals surface area (Å²) in [5.41, 5.74) is 9.90. The number of anilines is 1. The van der Waals surface area contributed by atoms with E-state index in [1.165, 1.54) is 0 Å². The molecule has 0 fully saturated rings. The van der Waals surface area contributed by atoms with Crippen molar-refractivity contribution in [2.24, 2.45) is 0 Å². The number of benzene rings is 2. The third-order valence-corrected chi connectivity index (χ3v) is 6.11. The van der Waals surface area contributed by atoms with E-state index >= 15 is 0 Å². The number of aryl methyl sites for hydroxylation is 1. The molecule has 0 aliphatic rings. The zero-order valence-corrected chi connectivity index (χ0v) is 20.7. The van der Waals surface area contributed by atoms with Crippen LogP contribution in [0.1, 0.15) is 31.2 Å². The van der Waals surface area contributed by atoms with E-state index in [-0.39, 0.29) is 0 Å². The van der Waals surface area contributed by atoms with Gasteiger partial charge in [-0.3, -0.25) is 0 Å². The number of aliphatic carboxylic acids is 1. The van der Waals surface area contributed by atoms with Crippen molar-refractivity contribution in [3.05, 3.63) is 59.9 Å². The van der Waals surface area contributed by atoms with Gasteiger partial charge in [0.15, 0.2) is 11.9 Å². The average molecular weight is 492 g/mol. The molecule has 36 heavy (non-hydrogen) atoms. The SMILES string of the molecule is CCC(Oc1cccc(CNCCCn2c(CCOC)nc3c(N)nc4ccccc4c32)c1)C(=O)O. The van der Waals surface area contributed by atoms with Crippen LogP contribution in [0.25, 0.3) is 21.9 Å². The number of para-hydroxylation sites is 1. The molecular weight excluding hydrogens is 458 g/mol. The van der Waals surface area contributed by atoms with E-state index in [4.69, 9.17) is 20.2 Å². The molecule has 0 amide bonds. The number of aromatic nitrogens is 3. The molecular formula is C27H33N5O4. The monoisotopic (exact) mass is 491 g/mol. The zero-order chi connectivity index (χ0) is 25.5. The first-order valence-corrected chi connectivity index (χ1v) is 12.2. The Hall–Kier alpha value is -3.69. The maximum atomic E-state index is 11.3. The minimum atomic E-state index is -0.955. The number of pyridine rings is 1. The Labute approximate surface area is 210 Å². The molecule has 9 heteroatoms. The van der Waals surface area contributed by atoms with Crippen LogP contribution in [0, 0.1) is 0 Å². The fourth-order valence-electron chi connectivity index (χ4n) is 4.33. The van der Waals surface area contributed by atoms with Crippen molar-refractivity contribution in [3.63, 3.8) is 0 Å². The zero-order valence-electron chi connectivity index (χ0n) is 20.7. The Balaban J connectivity index is 1.43. The highest BCUT2D eigenvalue weighted by Gasteiger charge is 2.18. The van der Waals surface area contributed by atoms with E-state index in [9.17, 15) is 9.90 Å². The molecule has 4 aromatic rings. The number of carboxylic acids is 1. The lowest BCUT2D eigenvalue weighted by molar-refractivity contribution is -0.145. The first-order chi connectivity index (χ1) is 17.5. The van der Waals surface area contributed by atoms with Gasteiger partial charge in [0.1, 0.15) is 17.1 Å². The second kappa shape index (κ2) is 11.8. The summed E-state index contributed by atoms with van der Waals surface area (Å²) in [5.74, 6) is 0.984. The number of carboxylic acid groups (broad SMARTS) is 1. The number of fused-ring (bicyclic) bond motifs is 3. The standard InChI is InChI=1S/C27H33N5O4/c1-3-22(27(33)34)36-19-9-6-8-18(16-19)17-29-13-7-14-32-23(12-15-35-2)31-24-25(32)20-10-4-5-11-21(20)30-26(24)28/h4-6,8-11,16,22,29H,3,7,12-15,17H2,1-2H3,(H2,28,30)(H,33,34). The van der Waals surface area contributed by atoms with E-state index in [1.807, 2.05) is 36.4 Å². The van der Waals surface area contributed by atoms with Crippen molar-refractivity contribution in [3.8, 4) is 5.75 Å². The second-order valence-corrected chi connectivity index (χ2v) is 8.66. The number of nitrogens with zero attached hydrogens (tertiary/aromatic N) is 3. The van der Waals surface area contributed by atoms with Crippen LogP contribution in [0.3, 0.4) is 0 Å². The molecule has 0 radical (unpaired) electrons. The van der Waals surface area contributed by atoms with Gasteiger partial charge in [-0.2, -0.15) is 0 Å². The Bertz CT molecular complexity index is 1340. The van der Waals surface area contributed by atoms with Gasteiger partial charge in [0.05, 0.1) is 17.6 Å². The van der Waals surface area contributed by atoms with Crippen molar-refractivity contribution in [2.45, 2.75) is 45.4 Å². The van der Waals surface area contributed by atoms with Gasteiger partial charge in [-0.05, 0) is 43.1 Å². The first-order valence-electron chi connectivity index (χ1n) is 12.2. The van der Waals surface area contributed by atoms with E-state index in [0.29, 0.717) is 37.6 Å². The molecule has 0 aliphatic heterocycles. The van der Waals surface area contributed by atoms with E-state index < -0.39 is 12.1 Å². The molecule has 2 aromatic heterocycles. The van der Waals surface area contributed by atoms with Crippen LogP contribution in [-0.2, 0) is 29.0 Å². The number of rotatable bonds is 13. The largest absolute Gasteiger partial charge is 0.479 e. The predicted molar refractivity (Wildman–Crippen MR) is 140 cm³/mol. The highest BCUT2D eigenvalue weighted by Crippen LogP contribution is 2.29. The molecule has 0 bridgehead atoms. The van der Waals surface area contributed by atoms with E-state index in [0.717, 1.165) is 52.8 Å². The van der Waals surface area contributed by atoms with Crippen LogP contribution >= 0.6 is 0 Å². The Morgan fingerprint density at radius 1 is 1.19 bits per heavy atom. The van der Waals surface area contributed by atoms with Crippen molar-refractivity contribution in [1.82, 2.24) is 19.9 Å². The summed E-state index contributed by atoms with van der Waals surface area (Å²) in [6.07, 6.45) is 1.14. The van der Waals surface area contributed by atoms with Gasteiger partial charge in [0, 0.05) is 32.0 Å². The fraction of sp³-hybridized carbons (Fsp3) is 0.370. The molecule has 0 saturated carbocycles. The van der Waals surface area contributed by atoms with Crippen LogP contribution in [0.4, 0.5) is 5.82 Å². The molecule has 2 aromatic carbocycles. The molecule has 4 N–H and O–H groups in total. The maximum Gasteiger partial charge on any atom is 0.344 e. The molecule has 190 valence electrons. The average Bonchev–Trinajstić information content (AvgIpc) is 3.25. The minimum Gasteiger partial charge on any atom is -0.479 e. The minimum absolute atomic E-state index is 0.407. The topological polar surface area (TPSA) is 125 Å². The Morgan fingerprint density at radius 2 is 2.03 bits per heavy atom. The third-order valence-electron chi connectivity index (χ3n) is 6.11. The Kier molecular flexibility index (Phi) is 8.35. The normalized spacial score (nSPS) is 12.3. The number of methoxy groups -OCH3 is 1. The van der Waals surface area contributed by atoms with Crippen LogP contribution in [0.5, 0.6) is 5.75 Å². The number of carbonyl (C=O) groups is 1. The van der Waals surface area contributed by atoms with Crippen molar-refractivity contribution < 1.29 is 19.4 Å². The van der Waals surface area contributed by atoms with E-state index in [1.54, 1.807) is 20.1 Å². The van der Waals surface area contributed by atoms with Crippen molar-refractivity contribution in [1.29, 1.82) is 0 Å². The van der Waals surface area contributed by atoms with Crippen molar-refractivity contribution in [2.75, 3.05) is 26.0 Å². The summed E-state index contributed by atoms with van der Waals surface area (Å²) in [5, 5.41) is 13.7. The van der Waals surface area contributed by atoms with Crippen molar-refractivity contribution >= 4 is 33.7 Å². The number of hydrogen-bond donors (Lipinski definition) is 3. The molecule has 4 rings (SSSR count). The number of nitrogens with one attached hydrogen (secondary N) is 1. The Morgan fingerprint density at radius 3 is 2.81 bits per heavy atom. The van der Waals surface area contributed by atoms with Crippen LogP contribution < -0.4 is 15.8 Å². The lowest BCUT2D eigenvalue weighted by Gasteiger charge is -2.14. The quantitative estimate of drug-likeness (QED) is 0.241. The smallest absolute Gasteiger partial charge is 0.344 e. The van der Waals surface area contributed by atoms with Gasteiger partial charge >= 0.3 is 5.97 Å². The van der Waals surface area contributed by atoms with Gasteiger partial charge in [0.25, 0.3) is 0 Å². The van der Waals surface area contributed by atoms with Crippen LogP contribution in [0.15, 0.2) is 48.5 Å². The summed E-state index contributed by atoms with van der Waals surface area (Å²) >= 11 is 0. The summed E-state index contributed by atoms with van der Waals surface area (Å²) in [6, 6.07) is 15.5. The fourth-order valence-corrected chi connectivity index (χ4v) is 4.33. The lowest BCUT2D eigenvalue weighted by Crippen LogP contribution is -2.26. The van der Waals surface area contributed by atoms with Gasteiger partial charge in [-0.1, -0.05) is 37.3 Å².